The summed E-state index contributed by atoms with van der Waals surface area (Å²) >= 11 is 1.55. The highest BCUT2D eigenvalue weighted by Gasteiger charge is 2.08. The first-order valence-corrected chi connectivity index (χ1v) is 8.89. The van der Waals surface area contributed by atoms with Gasteiger partial charge < -0.3 is 5.32 Å². The third-order valence-electron chi connectivity index (χ3n) is 4.05. The van der Waals surface area contributed by atoms with E-state index in [1.54, 1.807) is 17.7 Å². The average molecular weight is 348 g/mol. The van der Waals surface area contributed by atoms with Crippen LogP contribution in [-0.2, 0) is 6.42 Å². The lowest BCUT2D eigenvalue weighted by atomic mass is 10.0. The second kappa shape index (κ2) is 6.86. The zero-order chi connectivity index (χ0) is 17.1. The molecule has 5 nitrogen and oxygen atoms in total. The van der Waals surface area contributed by atoms with Gasteiger partial charge in [-0.05, 0) is 23.3 Å². The Morgan fingerprint density at radius 2 is 1.80 bits per heavy atom. The van der Waals surface area contributed by atoms with E-state index in [1.165, 1.54) is 0 Å². The number of hydrogen-bond donors (Lipinski definition) is 1. The molecule has 1 amide bonds. The summed E-state index contributed by atoms with van der Waals surface area (Å²) in [5, 5.41) is 12.9. The van der Waals surface area contributed by atoms with Gasteiger partial charge in [-0.1, -0.05) is 42.5 Å². The first-order valence-electron chi connectivity index (χ1n) is 8.01. The second-order valence-corrected chi connectivity index (χ2v) is 6.50. The summed E-state index contributed by atoms with van der Waals surface area (Å²) in [5.41, 5.74) is 4.01. The number of carbonyl (C=O) groups excluding carboxylic acids is 1. The molecular weight excluding hydrogens is 332 g/mol. The minimum Gasteiger partial charge on any atom is -0.352 e. The van der Waals surface area contributed by atoms with Crippen molar-refractivity contribution in [1.82, 2.24) is 19.9 Å². The Morgan fingerprint density at radius 1 is 1.04 bits per heavy atom. The molecule has 4 aromatic rings. The van der Waals surface area contributed by atoms with Crippen molar-refractivity contribution in [1.29, 1.82) is 0 Å². The summed E-state index contributed by atoms with van der Waals surface area (Å²) in [6.45, 7) is 0.573. The summed E-state index contributed by atoms with van der Waals surface area (Å²) < 4.78 is 1.95. The second-order valence-electron chi connectivity index (χ2n) is 5.66. The number of benzene rings is 2. The molecule has 0 radical (unpaired) electrons. The van der Waals surface area contributed by atoms with Gasteiger partial charge in [0.15, 0.2) is 0 Å². The van der Waals surface area contributed by atoms with E-state index in [1.807, 2.05) is 52.2 Å². The summed E-state index contributed by atoms with van der Waals surface area (Å²) in [7, 11) is 0. The summed E-state index contributed by atoms with van der Waals surface area (Å²) in [6, 6.07) is 17.8. The molecule has 2 heterocycles. The van der Waals surface area contributed by atoms with Gasteiger partial charge in [-0.3, -0.25) is 9.20 Å². The molecule has 0 aliphatic carbocycles. The van der Waals surface area contributed by atoms with Crippen LogP contribution >= 0.6 is 11.3 Å². The van der Waals surface area contributed by atoms with Crippen molar-refractivity contribution in [2.24, 2.45) is 0 Å². The van der Waals surface area contributed by atoms with Gasteiger partial charge in [-0.2, -0.15) is 0 Å². The van der Waals surface area contributed by atoms with Crippen LogP contribution in [0.3, 0.4) is 0 Å². The molecule has 124 valence electrons. The smallest absolute Gasteiger partial charge is 0.251 e. The lowest BCUT2D eigenvalue weighted by Crippen LogP contribution is -2.25. The van der Waals surface area contributed by atoms with Crippen molar-refractivity contribution in [2.45, 2.75) is 6.42 Å². The van der Waals surface area contributed by atoms with Crippen LogP contribution < -0.4 is 5.32 Å². The standard InChI is InChI=1S/C19H16N4OS/c24-18(20-11-10-17-12-25-19-22-21-13-23(17)19)16-8-6-15(7-9-16)14-4-2-1-3-5-14/h1-9,12-13H,10-11H2,(H,20,24). The van der Waals surface area contributed by atoms with Crippen LogP contribution in [-0.4, -0.2) is 27.0 Å². The highest BCUT2D eigenvalue weighted by molar-refractivity contribution is 7.15. The molecule has 1 N–H and O–H groups in total. The molecular formula is C19H16N4OS. The number of amides is 1. The van der Waals surface area contributed by atoms with E-state index in [0.717, 1.165) is 28.2 Å². The minimum absolute atomic E-state index is 0.0603. The zero-order valence-corrected chi connectivity index (χ0v) is 14.2. The first-order chi connectivity index (χ1) is 12.3. The fourth-order valence-corrected chi connectivity index (χ4v) is 3.55. The van der Waals surface area contributed by atoms with Crippen LogP contribution in [0, 0.1) is 0 Å². The maximum atomic E-state index is 12.3. The van der Waals surface area contributed by atoms with Gasteiger partial charge in [0.2, 0.25) is 4.96 Å². The van der Waals surface area contributed by atoms with Gasteiger partial charge in [0.25, 0.3) is 5.91 Å². The number of nitrogens with zero attached hydrogens (tertiary/aromatic N) is 3. The Labute approximate surface area is 149 Å². The molecule has 0 unspecified atom stereocenters. The predicted octanol–water partition coefficient (Wildman–Crippen LogP) is 3.43. The fourth-order valence-electron chi connectivity index (χ4n) is 2.71. The Kier molecular flexibility index (Phi) is 4.26. The molecule has 4 rings (SSSR count). The summed E-state index contributed by atoms with van der Waals surface area (Å²) in [4.78, 5) is 13.2. The Morgan fingerprint density at radius 3 is 2.60 bits per heavy atom. The molecule has 0 spiro atoms. The van der Waals surface area contributed by atoms with E-state index in [9.17, 15) is 4.79 Å². The molecule has 0 fully saturated rings. The molecule has 25 heavy (non-hydrogen) atoms. The van der Waals surface area contributed by atoms with Crippen molar-refractivity contribution in [3.8, 4) is 11.1 Å². The molecule has 0 saturated carbocycles. The topological polar surface area (TPSA) is 59.3 Å². The quantitative estimate of drug-likeness (QED) is 0.601. The average Bonchev–Trinajstić information content (AvgIpc) is 3.27. The number of aromatic nitrogens is 3. The largest absolute Gasteiger partial charge is 0.352 e. The maximum Gasteiger partial charge on any atom is 0.251 e. The Bertz CT molecular complexity index is 989. The van der Waals surface area contributed by atoms with E-state index in [0.29, 0.717) is 12.1 Å². The van der Waals surface area contributed by atoms with Gasteiger partial charge in [0.1, 0.15) is 6.33 Å². The van der Waals surface area contributed by atoms with E-state index >= 15 is 0 Å². The molecule has 0 saturated heterocycles. The number of carbonyl (C=O) groups is 1. The lowest BCUT2D eigenvalue weighted by Gasteiger charge is -2.06. The van der Waals surface area contributed by atoms with Crippen LogP contribution in [0.2, 0.25) is 0 Å². The molecule has 0 aliphatic heterocycles. The zero-order valence-electron chi connectivity index (χ0n) is 13.4. The molecule has 0 atom stereocenters. The van der Waals surface area contributed by atoms with Crippen LogP contribution in [0.25, 0.3) is 16.1 Å². The van der Waals surface area contributed by atoms with E-state index in [-0.39, 0.29) is 5.91 Å². The van der Waals surface area contributed by atoms with Crippen LogP contribution in [0.1, 0.15) is 16.1 Å². The first kappa shape index (κ1) is 15.5. The van der Waals surface area contributed by atoms with Gasteiger partial charge in [-0.25, -0.2) is 0 Å². The third kappa shape index (κ3) is 3.29. The van der Waals surface area contributed by atoms with Gasteiger partial charge in [0, 0.05) is 29.6 Å². The Hall–Kier alpha value is -2.99. The SMILES string of the molecule is O=C(NCCc1csc2nncn12)c1ccc(-c2ccccc2)cc1. The van der Waals surface area contributed by atoms with Crippen molar-refractivity contribution >= 4 is 22.2 Å². The Balaban J connectivity index is 1.37. The minimum atomic E-state index is -0.0603. The fraction of sp³-hybridized carbons (Fsp3) is 0.105. The number of nitrogens with one attached hydrogen (secondary N) is 1. The number of thiazole rings is 1. The third-order valence-corrected chi connectivity index (χ3v) is 4.93. The lowest BCUT2D eigenvalue weighted by molar-refractivity contribution is 0.0954. The van der Waals surface area contributed by atoms with E-state index in [4.69, 9.17) is 0 Å². The highest BCUT2D eigenvalue weighted by atomic mass is 32.1. The number of fused-ring (bicyclic) bond motifs is 1. The monoisotopic (exact) mass is 348 g/mol. The normalized spacial score (nSPS) is 10.9. The molecule has 2 aromatic carbocycles. The van der Waals surface area contributed by atoms with Gasteiger partial charge >= 0.3 is 0 Å². The van der Waals surface area contributed by atoms with Gasteiger partial charge in [-0.15, -0.1) is 21.5 Å². The van der Waals surface area contributed by atoms with Crippen LogP contribution in [0.15, 0.2) is 66.3 Å². The summed E-state index contributed by atoms with van der Waals surface area (Å²) in [5.74, 6) is -0.0603. The highest BCUT2D eigenvalue weighted by Crippen LogP contribution is 2.19. The van der Waals surface area contributed by atoms with Crippen LogP contribution in [0.4, 0.5) is 0 Å². The van der Waals surface area contributed by atoms with Crippen LogP contribution in [0.5, 0.6) is 0 Å². The van der Waals surface area contributed by atoms with Crippen molar-refractivity contribution in [2.75, 3.05) is 6.54 Å². The number of hydrogen-bond acceptors (Lipinski definition) is 4. The molecule has 0 aliphatic rings. The van der Waals surface area contributed by atoms with Gasteiger partial charge in [0.05, 0.1) is 0 Å². The maximum absolute atomic E-state index is 12.3. The molecule has 0 bridgehead atoms. The van der Waals surface area contributed by atoms with Crippen molar-refractivity contribution in [3.63, 3.8) is 0 Å². The molecule has 2 aromatic heterocycles. The van der Waals surface area contributed by atoms with Crippen molar-refractivity contribution in [3.05, 3.63) is 77.6 Å². The summed E-state index contributed by atoms with van der Waals surface area (Å²) in [6.07, 6.45) is 2.44. The van der Waals surface area contributed by atoms with E-state index in [2.05, 4.69) is 27.6 Å². The number of rotatable bonds is 5. The van der Waals surface area contributed by atoms with E-state index < -0.39 is 0 Å². The molecule has 6 heteroatoms. The predicted molar refractivity (Wildman–Crippen MR) is 98.8 cm³/mol. The van der Waals surface area contributed by atoms with Crippen molar-refractivity contribution < 1.29 is 4.79 Å².